The number of fused-ring (bicyclic) bond motifs is 1. The van der Waals surface area contributed by atoms with E-state index in [1.54, 1.807) is 0 Å². The Balaban J connectivity index is 1.90. The van der Waals surface area contributed by atoms with Crippen LogP contribution in [0.15, 0.2) is 42.5 Å². The minimum atomic E-state index is -0.644. The molecule has 0 atom stereocenters. The standard InChI is InChI=1S/C19H17F2N3/c20-13-8-9-14(16(21)12-13)18-22-17-7-3-2-6-15(17)19(23-18)24-10-4-1-5-11-24/h2-3,6-9,12H,1,4-5,10-11H2. The van der Waals surface area contributed by atoms with Gasteiger partial charge in [-0.1, -0.05) is 12.1 Å². The van der Waals surface area contributed by atoms with Crippen molar-refractivity contribution in [1.29, 1.82) is 0 Å². The van der Waals surface area contributed by atoms with Crippen LogP contribution in [0.25, 0.3) is 22.3 Å². The third kappa shape index (κ3) is 2.70. The zero-order valence-electron chi connectivity index (χ0n) is 13.2. The Bertz CT molecular complexity index is 889. The first-order chi connectivity index (χ1) is 11.7. The van der Waals surface area contributed by atoms with E-state index >= 15 is 0 Å². The molecule has 0 saturated carbocycles. The lowest BCUT2D eigenvalue weighted by atomic mass is 10.1. The van der Waals surface area contributed by atoms with E-state index in [1.165, 1.54) is 18.6 Å². The molecule has 0 bridgehead atoms. The lowest BCUT2D eigenvalue weighted by Crippen LogP contribution is -2.30. The number of para-hydroxylation sites is 1. The van der Waals surface area contributed by atoms with Gasteiger partial charge in [-0.15, -0.1) is 0 Å². The minimum absolute atomic E-state index is 0.223. The Kier molecular flexibility index (Phi) is 3.84. The highest BCUT2D eigenvalue weighted by molar-refractivity contribution is 5.91. The number of aromatic nitrogens is 2. The van der Waals surface area contributed by atoms with Crippen LogP contribution in [0.1, 0.15) is 19.3 Å². The van der Waals surface area contributed by atoms with E-state index in [4.69, 9.17) is 0 Å². The molecule has 4 rings (SSSR count). The molecule has 122 valence electrons. The van der Waals surface area contributed by atoms with Crippen molar-refractivity contribution in [2.75, 3.05) is 18.0 Å². The Morgan fingerprint density at radius 3 is 2.46 bits per heavy atom. The van der Waals surface area contributed by atoms with Crippen LogP contribution in [0.5, 0.6) is 0 Å². The Labute approximate surface area is 139 Å². The molecular formula is C19H17F2N3. The molecular weight excluding hydrogens is 308 g/mol. The van der Waals surface area contributed by atoms with E-state index < -0.39 is 11.6 Å². The van der Waals surface area contributed by atoms with Gasteiger partial charge in [0.2, 0.25) is 0 Å². The van der Waals surface area contributed by atoms with Gasteiger partial charge in [0.15, 0.2) is 5.82 Å². The summed E-state index contributed by atoms with van der Waals surface area (Å²) in [5.74, 6) is -0.117. The van der Waals surface area contributed by atoms with Gasteiger partial charge in [0.25, 0.3) is 0 Å². The normalized spacial score (nSPS) is 15.0. The van der Waals surface area contributed by atoms with Gasteiger partial charge in [-0.05, 0) is 43.5 Å². The molecule has 0 N–H and O–H groups in total. The summed E-state index contributed by atoms with van der Waals surface area (Å²) in [6.07, 6.45) is 3.47. The second-order valence-electron chi connectivity index (χ2n) is 6.06. The van der Waals surface area contributed by atoms with Crippen molar-refractivity contribution in [2.24, 2.45) is 0 Å². The molecule has 1 aliphatic rings. The summed E-state index contributed by atoms with van der Waals surface area (Å²) in [4.78, 5) is 11.4. The van der Waals surface area contributed by atoms with Crippen LogP contribution < -0.4 is 4.90 Å². The maximum Gasteiger partial charge on any atom is 0.165 e. The molecule has 1 fully saturated rings. The average molecular weight is 325 g/mol. The van der Waals surface area contributed by atoms with E-state index in [0.717, 1.165) is 48.7 Å². The Morgan fingerprint density at radius 2 is 1.67 bits per heavy atom. The number of benzene rings is 2. The summed E-state index contributed by atoms with van der Waals surface area (Å²) < 4.78 is 27.4. The van der Waals surface area contributed by atoms with Crippen molar-refractivity contribution >= 4 is 16.7 Å². The monoisotopic (exact) mass is 325 g/mol. The smallest absolute Gasteiger partial charge is 0.165 e. The number of hydrogen-bond donors (Lipinski definition) is 0. The number of anilines is 1. The first-order valence-electron chi connectivity index (χ1n) is 8.19. The quantitative estimate of drug-likeness (QED) is 0.691. The van der Waals surface area contributed by atoms with E-state index in [2.05, 4.69) is 14.9 Å². The fraction of sp³-hybridized carbons (Fsp3) is 0.263. The van der Waals surface area contributed by atoms with Gasteiger partial charge in [-0.25, -0.2) is 18.7 Å². The van der Waals surface area contributed by atoms with Crippen LogP contribution in [0, 0.1) is 11.6 Å². The molecule has 0 radical (unpaired) electrons. The average Bonchev–Trinajstić information content (AvgIpc) is 2.61. The molecule has 2 aromatic carbocycles. The van der Waals surface area contributed by atoms with E-state index in [-0.39, 0.29) is 5.56 Å². The molecule has 0 amide bonds. The summed E-state index contributed by atoms with van der Waals surface area (Å²) in [6, 6.07) is 11.2. The molecule has 1 aromatic heterocycles. The topological polar surface area (TPSA) is 29.0 Å². The van der Waals surface area contributed by atoms with E-state index in [0.29, 0.717) is 5.82 Å². The maximum absolute atomic E-state index is 14.2. The molecule has 1 saturated heterocycles. The SMILES string of the molecule is Fc1ccc(-c2nc(N3CCCCC3)c3ccccc3n2)c(F)c1. The summed E-state index contributed by atoms with van der Waals surface area (Å²) in [7, 11) is 0. The van der Waals surface area contributed by atoms with Crippen LogP contribution in [0.4, 0.5) is 14.6 Å². The third-order valence-corrected chi connectivity index (χ3v) is 4.41. The second kappa shape index (κ2) is 6.15. The largest absolute Gasteiger partial charge is 0.356 e. The fourth-order valence-electron chi connectivity index (χ4n) is 3.20. The van der Waals surface area contributed by atoms with Crippen molar-refractivity contribution in [3.63, 3.8) is 0 Å². The number of halogens is 2. The summed E-state index contributed by atoms with van der Waals surface area (Å²) in [5.41, 5.74) is 0.993. The second-order valence-corrected chi connectivity index (χ2v) is 6.06. The zero-order chi connectivity index (χ0) is 16.5. The lowest BCUT2D eigenvalue weighted by Gasteiger charge is -2.29. The molecule has 5 heteroatoms. The molecule has 0 unspecified atom stereocenters. The van der Waals surface area contributed by atoms with Crippen molar-refractivity contribution in [3.8, 4) is 11.4 Å². The van der Waals surface area contributed by atoms with Crippen molar-refractivity contribution in [3.05, 3.63) is 54.1 Å². The third-order valence-electron chi connectivity index (χ3n) is 4.41. The fourth-order valence-corrected chi connectivity index (χ4v) is 3.20. The van der Waals surface area contributed by atoms with Crippen molar-refractivity contribution in [1.82, 2.24) is 9.97 Å². The highest BCUT2D eigenvalue weighted by Gasteiger charge is 2.18. The van der Waals surface area contributed by atoms with Gasteiger partial charge in [0.05, 0.1) is 11.1 Å². The number of piperidine rings is 1. The molecule has 3 nitrogen and oxygen atoms in total. The van der Waals surface area contributed by atoms with Crippen molar-refractivity contribution in [2.45, 2.75) is 19.3 Å². The van der Waals surface area contributed by atoms with Crippen LogP contribution in [-0.4, -0.2) is 23.1 Å². The highest BCUT2D eigenvalue weighted by atomic mass is 19.1. The number of nitrogens with zero attached hydrogens (tertiary/aromatic N) is 3. The first kappa shape index (κ1) is 15.0. The first-order valence-corrected chi connectivity index (χ1v) is 8.19. The summed E-state index contributed by atoms with van der Waals surface area (Å²) >= 11 is 0. The molecule has 1 aliphatic heterocycles. The molecule has 3 aromatic rings. The lowest BCUT2D eigenvalue weighted by molar-refractivity contribution is 0.574. The molecule has 2 heterocycles. The Hall–Kier alpha value is -2.56. The van der Waals surface area contributed by atoms with Gasteiger partial charge in [0.1, 0.15) is 17.5 Å². The minimum Gasteiger partial charge on any atom is -0.356 e. The van der Waals surface area contributed by atoms with Gasteiger partial charge < -0.3 is 4.90 Å². The summed E-state index contributed by atoms with van der Waals surface area (Å²) in [5, 5.41) is 0.964. The van der Waals surface area contributed by atoms with Crippen LogP contribution in [-0.2, 0) is 0 Å². The Morgan fingerprint density at radius 1 is 0.875 bits per heavy atom. The predicted octanol–water partition coefficient (Wildman–Crippen LogP) is 4.57. The van der Waals surface area contributed by atoms with Gasteiger partial charge in [-0.3, -0.25) is 0 Å². The van der Waals surface area contributed by atoms with Crippen molar-refractivity contribution < 1.29 is 8.78 Å². The van der Waals surface area contributed by atoms with E-state index in [9.17, 15) is 8.78 Å². The predicted molar refractivity (Wildman–Crippen MR) is 91.0 cm³/mol. The highest BCUT2D eigenvalue weighted by Crippen LogP contribution is 2.30. The zero-order valence-corrected chi connectivity index (χ0v) is 13.2. The van der Waals surface area contributed by atoms with E-state index in [1.807, 2.05) is 24.3 Å². The maximum atomic E-state index is 14.2. The number of rotatable bonds is 2. The van der Waals surface area contributed by atoms with Crippen LogP contribution >= 0.6 is 0 Å². The summed E-state index contributed by atoms with van der Waals surface area (Å²) in [6.45, 7) is 1.87. The van der Waals surface area contributed by atoms with Crippen LogP contribution in [0.3, 0.4) is 0 Å². The van der Waals surface area contributed by atoms with Gasteiger partial charge >= 0.3 is 0 Å². The molecule has 0 spiro atoms. The molecule has 0 aliphatic carbocycles. The van der Waals surface area contributed by atoms with Crippen LogP contribution in [0.2, 0.25) is 0 Å². The number of hydrogen-bond acceptors (Lipinski definition) is 3. The molecule has 24 heavy (non-hydrogen) atoms. The van der Waals surface area contributed by atoms with Gasteiger partial charge in [-0.2, -0.15) is 0 Å². The van der Waals surface area contributed by atoms with Gasteiger partial charge in [0, 0.05) is 24.5 Å².